The summed E-state index contributed by atoms with van der Waals surface area (Å²) in [5, 5.41) is 1.17. The smallest absolute Gasteiger partial charge is 0.116 e. The molecule has 0 aliphatic rings. The van der Waals surface area contributed by atoms with Gasteiger partial charge in [-0.1, -0.05) is 26.8 Å². The summed E-state index contributed by atoms with van der Waals surface area (Å²) in [6.45, 7) is 8.17. The van der Waals surface area contributed by atoms with E-state index in [0.29, 0.717) is 0 Å². The summed E-state index contributed by atoms with van der Waals surface area (Å²) < 4.78 is 0. The Morgan fingerprint density at radius 1 is 1.13 bits per heavy atom. The molecule has 1 heterocycles. The lowest BCUT2D eigenvalue weighted by Gasteiger charge is -2.01. The van der Waals surface area contributed by atoms with Crippen LogP contribution in [0.4, 0.5) is 0 Å². The second-order valence-electron chi connectivity index (χ2n) is 3.16. The first-order valence-corrected chi connectivity index (χ1v) is 5.51. The van der Waals surface area contributed by atoms with E-state index in [1.807, 2.05) is 20.8 Å². The number of aromatic nitrogens is 2. The molecule has 0 saturated heterocycles. The van der Waals surface area contributed by atoms with Crippen molar-refractivity contribution in [1.29, 1.82) is 0 Å². The van der Waals surface area contributed by atoms with Crippen LogP contribution in [0.2, 0.25) is 0 Å². The van der Waals surface area contributed by atoms with Crippen LogP contribution >= 0.6 is 0 Å². The molecule has 0 amide bonds. The molecule has 80 valence electrons. The Morgan fingerprint density at radius 3 is 2.53 bits per heavy atom. The zero-order valence-electron chi connectivity index (χ0n) is 9.91. The largest absolute Gasteiger partial charge is 0.241 e. The van der Waals surface area contributed by atoms with Gasteiger partial charge in [-0.2, -0.15) is 0 Å². The van der Waals surface area contributed by atoms with Crippen LogP contribution in [0.15, 0.2) is 24.5 Å². The quantitative estimate of drug-likeness (QED) is 0.707. The van der Waals surface area contributed by atoms with E-state index in [2.05, 4.69) is 35.1 Å². The lowest BCUT2D eigenvalue weighted by molar-refractivity contribution is 1.12. The predicted molar refractivity (Wildman–Crippen MR) is 65.0 cm³/mol. The van der Waals surface area contributed by atoms with Crippen molar-refractivity contribution in [2.24, 2.45) is 0 Å². The Morgan fingerprint density at radius 2 is 1.87 bits per heavy atom. The third-order valence-electron chi connectivity index (χ3n) is 2.31. The Labute approximate surface area is 91.4 Å². The van der Waals surface area contributed by atoms with E-state index in [1.54, 1.807) is 6.33 Å². The third-order valence-corrected chi connectivity index (χ3v) is 2.31. The molecule has 0 fully saturated rings. The highest BCUT2D eigenvalue weighted by atomic mass is 14.8. The number of hydrogen-bond donors (Lipinski definition) is 0. The normalized spacial score (nSPS) is 9.60. The van der Waals surface area contributed by atoms with E-state index in [9.17, 15) is 0 Å². The molecule has 15 heavy (non-hydrogen) atoms. The van der Waals surface area contributed by atoms with Crippen molar-refractivity contribution in [3.8, 4) is 0 Å². The Kier molecular flexibility index (Phi) is 4.22. The minimum atomic E-state index is 1.03. The topological polar surface area (TPSA) is 25.8 Å². The van der Waals surface area contributed by atoms with Crippen LogP contribution in [0.5, 0.6) is 0 Å². The summed E-state index contributed by atoms with van der Waals surface area (Å²) in [6.07, 6.45) is 2.67. The molecule has 1 aromatic heterocycles. The minimum Gasteiger partial charge on any atom is -0.241 e. The highest BCUT2D eigenvalue weighted by molar-refractivity contribution is 5.81. The van der Waals surface area contributed by atoms with Crippen LogP contribution in [-0.4, -0.2) is 9.97 Å². The van der Waals surface area contributed by atoms with E-state index < -0.39 is 0 Å². The second-order valence-corrected chi connectivity index (χ2v) is 3.16. The fourth-order valence-corrected chi connectivity index (χ4v) is 1.45. The van der Waals surface area contributed by atoms with Crippen LogP contribution in [-0.2, 0) is 6.42 Å². The first-order valence-electron chi connectivity index (χ1n) is 5.51. The van der Waals surface area contributed by atoms with Crippen molar-refractivity contribution in [1.82, 2.24) is 9.97 Å². The maximum atomic E-state index is 4.21. The number of rotatable bonds is 1. The van der Waals surface area contributed by atoms with Gasteiger partial charge in [-0.25, -0.2) is 9.97 Å². The number of nitrogens with zero attached hydrogens (tertiary/aromatic N) is 2. The van der Waals surface area contributed by atoms with Crippen molar-refractivity contribution < 1.29 is 0 Å². The molecule has 0 aliphatic heterocycles. The van der Waals surface area contributed by atoms with Gasteiger partial charge in [0.15, 0.2) is 0 Å². The molecule has 0 bridgehead atoms. The van der Waals surface area contributed by atoms with Gasteiger partial charge in [0.25, 0.3) is 0 Å². The Bertz CT molecular complexity index is 435. The van der Waals surface area contributed by atoms with Crippen molar-refractivity contribution in [3.05, 3.63) is 35.8 Å². The maximum absolute atomic E-state index is 4.21. The number of benzene rings is 1. The van der Waals surface area contributed by atoms with Gasteiger partial charge in [0.1, 0.15) is 6.33 Å². The molecule has 0 radical (unpaired) electrons. The molecule has 2 nitrogen and oxygen atoms in total. The molecule has 0 saturated carbocycles. The van der Waals surface area contributed by atoms with Gasteiger partial charge in [0.05, 0.1) is 5.52 Å². The van der Waals surface area contributed by atoms with Crippen molar-refractivity contribution in [2.75, 3.05) is 0 Å². The Balaban J connectivity index is 0.000000531. The molecule has 2 rings (SSSR count). The highest BCUT2D eigenvalue weighted by Gasteiger charge is 1.99. The van der Waals surface area contributed by atoms with Gasteiger partial charge in [-0.05, 0) is 31.0 Å². The fourth-order valence-electron chi connectivity index (χ4n) is 1.45. The molecular formula is C13H18N2. The zero-order valence-corrected chi connectivity index (χ0v) is 9.91. The van der Waals surface area contributed by atoms with E-state index in [0.717, 1.165) is 17.6 Å². The van der Waals surface area contributed by atoms with Crippen molar-refractivity contribution in [3.63, 3.8) is 0 Å². The van der Waals surface area contributed by atoms with Crippen LogP contribution in [0, 0.1) is 6.92 Å². The summed E-state index contributed by atoms with van der Waals surface area (Å²) in [6, 6.07) is 6.35. The number of fused-ring (bicyclic) bond motifs is 1. The van der Waals surface area contributed by atoms with Gasteiger partial charge in [0.2, 0.25) is 0 Å². The van der Waals surface area contributed by atoms with Gasteiger partial charge in [-0.3, -0.25) is 0 Å². The molecule has 1 aromatic carbocycles. The summed E-state index contributed by atoms with van der Waals surface area (Å²) in [5.41, 5.74) is 3.43. The van der Waals surface area contributed by atoms with Gasteiger partial charge >= 0.3 is 0 Å². The van der Waals surface area contributed by atoms with Gasteiger partial charge in [0, 0.05) is 11.1 Å². The monoisotopic (exact) mass is 202 g/mol. The first kappa shape index (κ1) is 11.6. The molecule has 0 unspecified atom stereocenters. The SMILES string of the molecule is CC.CCc1ccc2ncnc(C)c2c1. The average Bonchev–Trinajstić information content (AvgIpc) is 2.32. The maximum Gasteiger partial charge on any atom is 0.116 e. The number of aryl methyl sites for hydroxylation is 2. The molecule has 0 atom stereocenters. The van der Waals surface area contributed by atoms with Crippen LogP contribution < -0.4 is 0 Å². The van der Waals surface area contributed by atoms with Crippen LogP contribution in [0.1, 0.15) is 32.0 Å². The van der Waals surface area contributed by atoms with Gasteiger partial charge < -0.3 is 0 Å². The zero-order chi connectivity index (χ0) is 11.3. The minimum absolute atomic E-state index is 1.03. The van der Waals surface area contributed by atoms with E-state index >= 15 is 0 Å². The molecule has 0 spiro atoms. The lowest BCUT2D eigenvalue weighted by atomic mass is 10.1. The molecular weight excluding hydrogens is 184 g/mol. The van der Waals surface area contributed by atoms with Crippen molar-refractivity contribution >= 4 is 10.9 Å². The first-order chi connectivity index (χ1) is 7.31. The average molecular weight is 202 g/mol. The van der Waals surface area contributed by atoms with E-state index in [1.165, 1.54) is 10.9 Å². The second kappa shape index (κ2) is 5.44. The van der Waals surface area contributed by atoms with Crippen LogP contribution in [0.3, 0.4) is 0 Å². The standard InChI is InChI=1S/C11H12N2.C2H6/c1-3-9-4-5-11-10(6-9)8(2)12-7-13-11;1-2/h4-7H,3H2,1-2H3;1-2H3. The number of hydrogen-bond acceptors (Lipinski definition) is 2. The highest BCUT2D eigenvalue weighted by Crippen LogP contribution is 2.15. The summed E-state index contributed by atoms with van der Waals surface area (Å²) in [4.78, 5) is 8.38. The third kappa shape index (κ3) is 2.52. The molecule has 0 N–H and O–H groups in total. The van der Waals surface area contributed by atoms with Crippen LogP contribution in [0.25, 0.3) is 10.9 Å². The molecule has 2 aromatic rings. The van der Waals surface area contributed by atoms with Gasteiger partial charge in [-0.15, -0.1) is 0 Å². The predicted octanol–water partition coefficient (Wildman–Crippen LogP) is 3.53. The van der Waals surface area contributed by atoms with Crippen molar-refractivity contribution in [2.45, 2.75) is 34.1 Å². The fraction of sp³-hybridized carbons (Fsp3) is 0.385. The molecule has 0 aliphatic carbocycles. The van der Waals surface area contributed by atoms with E-state index in [4.69, 9.17) is 0 Å². The summed E-state index contributed by atoms with van der Waals surface area (Å²) >= 11 is 0. The Hall–Kier alpha value is -1.44. The summed E-state index contributed by atoms with van der Waals surface area (Å²) in [7, 11) is 0. The van der Waals surface area contributed by atoms with E-state index in [-0.39, 0.29) is 0 Å². The summed E-state index contributed by atoms with van der Waals surface area (Å²) in [5.74, 6) is 0. The molecule has 2 heteroatoms. The lowest BCUT2D eigenvalue weighted by Crippen LogP contribution is -1.88.